The third-order valence-electron chi connectivity index (χ3n) is 4.04. The van der Waals surface area contributed by atoms with Crippen molar-refractivity contribution in [1.82, 2.24) is 0 Å². The number of benzene rings is 2. The highest BCUT2D eigenvalue weighted by Gasteiger charge is 2.52. The summed E-state index contributed by atoms with van der Waals surface area (Å²) in [6, 6.07) is 14.4. The number of nitriles is 1. The van der Waals surface area contributed by atoms with Crippen molar-refractivity contribution < 1.29 is 4.79 Å². The van der Waals surface area contributed by atoms with E-state index in [0.29, 0.717) is 12.8 Å². The summed E-state index contributed by atoms with van der Waals surface area (Å²) >= 11 is 0. The van der Waals surface area contributed by atoms with Gasteiger partial charge in [0.15, 0.2) is 0 Å². The van der Waals surface area contributed by atoms with Crippen LogP contribution in [0.1, 0.15) is 18.4 Å². The van der Waals surface area contributed by atoms with Gasteiger partial charge >= 0.3 is 0 Å². The Kier molecular flexibility index (Phi) is 2.76. The third kappa shape index (κ3) is 1.94. The number of carbonyl (C=O) groups excluding carboxylic acids is 1. The average Bonchev–Trinajstić information content (AvgIpc) is 3.26. The molecule has 1 saturated carbocycles. The van der Waals surface area contributed by atoms with Crippen LogP contribution in [0.2, 0.25) is 0 Å². The second-order valence-electron chi connectivity index (χ2n) is 5.59. The fraction of sp³-hybridized carbons (Fsp3) is 0.294. The lowest BCUT2D eigenvalue weighted by Crippen LogP contribution is -2.33. The second-order valence-corrected chi connectivity index (χ2v) is 5.59. The number of fused-ring (bicyclic) bond motifs is 1. The van der Waals surface area contributed by atoms with Gasteiger partial charge < -0.3 is 4.90 Å². The number of anilines is 1. The highest BCUT2D eigenvalue weighted by atomic mass is 16.2. The van der Waals surface area contributed by atoms with Gasteiger partial charge in [-0.2, -0.15) is 5.26 Å². The monoisotopic (exact) mass is 264 g/mol. The maximum absolute atomic E-state index is 12.4. The van der Waals surface area contributed by atoms with Gasteiger partial charge in [-0.15, -0.1) is 0 Å². The minimum atomic E-state index is -0.767. The van der Waals surface area contributed by atoms with Crippen LogP contribution in [-0.4, -0.2) is 13.0 Å². The van der Waals surface area contributed by atoms with Crippen molar-refractivity contribution >= 4 is 22.4 Å². The van der Waals surface area contributed by atoms with Gasteiger partial charge in [-0.1, -0.05) is 29.8 Å². The first kappa shape index (κ1) is 12.7. The summed E-state index contributed by atoms with van der Waals surface area (Å²) in [6.45, 7) is 2.06. The van der Waals surface area contributed by atoms with Crippen molar-refractivity contribution in [2.24, 2.45) is 5.41 Å². The van der Waals surface area contributed by atoms with Crippen LogP contribution in [0.3, 0.4) is 0 Å². The van der Waals surface area contributed by atoms with E-state index in [-0.39, 0.29) is 5.91 Å². The Morgan fingerprint density at radius 2 is 1.85 bits per heavy atom. The Labute approximate surface area is 118 Å². The van der Waals surface area contributed by atoms with Crippen molar-refractivity contribution in [3.63, 3.8) is 0 Å². The lowest BCUT2D eigenvalue weighted by Gasteiger charge is -2.20. The predicted octanol–water partition coefficient (Wildman–Crippen LogP) is 3.41. The van der Waals surface area contributed by atoms with Crippen molar-refractivity contribution in [3.05, 3.63) is 42.0 Å². The molecule has 3 heteroatoms. The van der Waals surface area contributed by atoms with Crippen LogP contribution in [0.4, 0.5) is 5.69 Å². The predicted molar refractivity (Wildman–Crippen MR) is 79.4 cm³/mol. The first-order valence-corrected chi connectivity index (χ1v) is 6.76. The van der Waals surface area contributed by atoms with Crippen LogP contribution in [0.15, 0.2) is 36.4 Å². The van der Waals surface area contributed by atoms with Gasteiger partial charge in [0.05, 0.1) is 6.07 Å². The van der Waals surface area contributed by atoms with E-state index in [9.17, 15) is 4.79 Å². The van der Waals surface area contributed by atoms with E-state index in [1.165, 1.54) is 5.56 Å². The Morgan fingerprint density at radius 1 is 1.20 bits per heavy atom. The van der Waals surface area contributed by atoms with Crippen LogP contribution in [0, 0.1) is 23.7 Å². The smallest absolute Gasteiger partial charge is 0.247 e. The molecular weight excluding hydrogens is 248 g/mol. The Morgan fingerprint density at radius 3 is 2.50 bits per heavy atom. The van der Waals surface area contributed by atoms with Gasteiger partial charge in [0, 0.05) is 12.7 Å². The molecule has 100 valence electrons. The molecule has 1 aliphatic rings. The highest BCUT2D eigenvalue weighted by Crippen LogP contribution is 2.46. The van der Waals surface area contributed by atoms with Crippen LogP contribution >= 0.6 is 0 Å². The summed E-state index contributed by atoms with van der Waals surface area (Å²) in [4.78, 5) is 14.0. The van der Waals surface area contributed by atoms with Gasteiger partial charge in [-0.3, -0.25) is 4.79 Å². The largest absolute Gasteiger partial charge is 0.314 e. The maximum Gasteiger partial charge on any atom is 0.247 e. The zero-order valence-corrected chi connectivity index (χ0v) is 11.7. The first-order valence-electron chi connectivity index (χ1n) is 6.76. The standard InChI is InChI=1S/C17H16N2O/c1-12-3-4-14-10-15(6-5-13(14)9-12)19(2)16(20)17(11-18)7-8-17/h3-6,9-10H,7-8H2,1-2H3. The highest BCUT2D eigenvalue weighted by molar-refractivity contribution is 6.02. The SMILES string of the molecule is Cc1ccc2cc(N(C)C(=O)C3(C#N)CC3)ccc2c1. The van der Waals surface area contributed by atoms with E-state index in [1.807, 2.05) is 18.2 Å². The van der Waals surface area contributed by atoms with E-state index in [1.54, 1.807) is 11.9 Å². The van der Waals surface area contributed by atoms with Gasteiger partial charge in [-0.05, 0) is 42.7 Å². The molecule has 0 heterocycles. The molecule has 0 bridgehead atoms. The van der Waals surface area contributed by atoms with Crippen molar-refractivity contribution in [2.45, 2.75) is 19.8 Å². The average molecular weight is 264 g/mol. The summed E-state index contributed by atoms with van der Waals surface area (Å²) in [6.07, 6.45) is 1.36. The number of rotatable bonds is 2. The van der Waals surface area contributed by atoms with Gasteiger partial charge in [-0.25, -0.2) is 0 Å². The molecule has 0 aromatic heterocycles. The molecule has 0 unspecified atom stereocenters. The normalized spacial score (nSPS) is 15.7. The quantitative estimate of drug-likeness (QED) is 0.834. The van der Waals surface area contributed by atoms with Crippen LogP contribution in [0.25, 0.3) is 10.8 Å². The van der Waals surface area contributed by atoms with Crippen molar-refractivity contribution in [2.75, 3.05) is 11.9 Å². The van der Waals surface area contributed by atoms with Gasteiger partial charge in [0.25, 0.3) is 0 Å². The molecule has 2 aromatic carbocycles. The number of carbonyl (C=O) groups is 1. The Balaban J connectivity index is 1.96. The lowest BCUT2D eigenvalue weighted by molar-refractivity contribution is -0.121. The molecule has 0 saturated heterocycles. The Bertz CT molecular complexity index is 738. The summed E-state index contributed by atoms with van der Waals surface area (Å²) in [5.74, 6) is -0.0912. The van der Waals surface area contributed by atoms with Crippen LogP contribution in [-0.2, 0) is 4.79 Å². The molecule has 0 spiro atoms. The minimum Gasteiger partial charge on any atom is -0.314 e. The molecule has 1 amide bonds. The molecule has 3 nitrogen and oxygen atoms in total. The zero-order valence-electron chi connectivity index (χ0n) is 11.7. The maximum atomic E-state index is 12.4. The lowest BCUT2D eigenvalue weighted by atomic mass is 10.0. The molecule has 2 aromatic rings. The second kappa shape index (κ2) is 4.35. The van der Waals surface area contributed by atoms with E-state index < -0.39 is 5.41 Å². The molecule has 3 rings (SSSR count). The molecule has 0 N–H and O–H groups in total. The van der Waals surface area contributed by atoms with Crippen molar-refractivity contribution in [1.29, 1.82) is 5.26 Å². The number of aryl methyl sites for hydroxylation is 1. The minimum absolute atomic E-state index is 0.0912. The summed E-state index contributed by atoms with van der Waals surface area (Å²) in [5.41, 5.74) is 1.29. The van der Waals surface area contributed by atoms with E-state index in [0.717, 1.165) is 16.5 Å². The van der Waals surface area contributed by atoms with E-state index in [4.69, 9.17) is 5.26 Å². The molecule has 0 atom stereocenters. The van der Waals surface area contributed by atoms with Gasteiger partial charge in [0.2, 0.25) is 5.91 Å². The fourth-order valence-corrected chi connectivity index (χ4v) is 2.50. The van der Waals surface area contributed by atoms with Crippen molar-refractivity contribution in [3.8, 4) is 6.07 Å². The fourth-order valence-electron chi connectivity index (χ4n) is 2.50. The molecule has 1 aliphatic carbocycles. The van der Waals surface area contributed by atoms with E-state index in [2.05, 4.69) is 31.2 Å². The van der Waals surface area contributed by atoms with Crippen LogP contribution < -0.4 is 4.90 Å². The number of nitrogens with zero attached hydrogens (tertiary/aromatic N) is 2. The topological polar surface area (TPSA) is 44.1 Å². The summed E-state index contributed by atoms with van der Waals surface area (Å²) in [5, 5.41) is 11.4. The van der Waals surface area contributed by atoms with E-state index >= 15 is 0 Å². The number of amides is 1. The molecule has 1 fully saturated rings. The number of hydrogen-bond donors (Lipinski definition) is 0. The summed E-state index contributed by atoms with van der Waals surface area (Å²) < 4.78 is 0. The summed E-state index contributed by atoms with van der Waals surface area (Å²) in [7, 11) is 1.75. The molecular formula is C17H16N2O. The Hall–Kier alpha value is -2.34. The molecule has 0 radical (unpaired) electrons. The molecule has 0 aliphatic heterocycles. The zero-order chi connectivity index (χ0) is 14.3. The van der Waals surface area contributed by atoms with Crippen LogP contribution in [0.5, 0.6) is 0 Å². The van der Waals surface area contributed by atoms with Gasteiger partial charge in [0.1, 0.15) is 5.41 Å². The first-order chi connectivity index (χ1) is 9.55. The number of hydrogen-bond acceptors (Lipinski definition) is 2. The molecule has 20 heavy (non-hydrogen) atoms. The third-order valence-corrected chi connectivity index (χ3v) is 4.04.